The van der Waals surface area contributed by atoms with Gasteiger partial charge in [0.25, 0.3) is 12.5 Å². The van der Waals surface area contributed by atoms with Gasteiger partial charge in [-0.3, -0.25) is 10.2 Å². The Morgan fingerprint density at radius 3 is 1.85 bits per heavy atom. The molecule has 20 heavy (non-hydrogen) atoms. The quantitative estimate of drug-likeness (QED) is 0.323. The number of alkyl halides is 3. The number of nitrogens with zero attached hydrogens (tertiary/aromatic N) is 1. The van der Waals surface area contributed by atoms with Crippen LogP contribution in [0.5, 0.6) is 0 Å². The minimum atomic E-state index is -2.80. The van der Waals surface area contributed by atoms with Crippen molar-refractivity contribution < 1.29 is 13.8 Å². The van der Waals surface area contributed by atoms with E-state index in [2.05, 4.69) is 53.2 Å². The number of nitrogens with one attached hydrogen (secondary N) is 1. The number of rotatable bonds is 6. The van der Waals surface area contributed by atoms with Crippen molar-refractivity contribution in [2.24, 2.45) is 0 Å². The maximum Gasteiger partial charge on any atom is 0.282 e. The highest BCUT2D eigenvalue weighted by Gasteiger charge is 2.41. The van der Waals surface area contributed by atoms with Crippen LogP contribution >= 0.6 is 54.4 Å². The summed E-state index contributed by atoms with van der Waals surface area (Å²) in [6, 6.07) is 0. The molecule has 0 bridgehead atoms. The predicted octanol–water partition coefficient (Wildman–Crippen LogP) is 4.25. The van der Waals surface area contributed by atoms with E-state index < -0.39 is 14.3 Å². The SMILES string of the molecule is CCOP(=S)(OCC)N(NC(=O)C(Br)(Br)Br)C(C)(C)C. The average molecular weight is 519 g/mol. The van der Waals surface area contributed by atoms with Gasteiger partial charge in [0.2, 0.25) is 2.14 Å². The predicted molar refractivity (Wildman–Crippen MR) is 96.8 cm³/mol. The van der Waals surface area contributed by atoms with Crippen molar-refractivity contribution in [3.63, 3.8) is 0 Å². The Labute approximate surface area is 151 Å². The van der Waals surface area contributed by atoms with E-state index in [4.69, 9.17) is 20.9 Å². The van der Waals surface area contributed by atoms with Gasteiger partial charge in [-0.1, -0.05) is 0 Å². The number of hydrogen-bond donors (Lipinski definition) is 1. The first kappa shape index (κ1) is 21.4. The molecule has 0 saturated heterocycles. The van der Waals surface area contributed by atoms with Crippen LogP contribution in [-0.4, -0.2) is 31.6 Å². The molecular weight excluding hydrogens is 499 g/mol. The van der Waals surface area contributed by atoms with E-state index in [0.717, 1.165) is 0 Å². The van der Waals surface area contributed by atoms with Gasteiger partial charge >= 0.3 is 0 Å². The largest absolute Gasteiger partial charge is 0.317 e. The van der Waals surface area contributed by atoms with Crippen LogP contribution in [0.2, 0.25) is 0 Å². The lowest BCUT2D eigenvalue weighted by atomic mass is 10.1. The molecule has 0 heterocycles. The summed E-state index contributed by atoms with van der Waals surface area (Å²) in [5.41, 5.74) is 2.29. The minimum absolute atomic E-state index is 0.360. The second kappa shape index (κ2) is 8.34. The van der Waals surface area contributed by atoms with E-state index >= 15 is 0 Å². The zero-order chi connectivity index (χ0) is 16.2. The van der Waals surface area contributed by atoms with Crippen molar-refractivity contribution in [2.45, 2.75) is 42.3 Å². The molecule has 0 aliphatic heterocycles. The first-order valence-electron chi connectivity index (χ1n) is 5.96. The third-order valence-corrected chi connectivity index (χ3v) is 6.49. The molecule has 0 radical (unpaired) electrons. The van der Waals surface area contributed by atoms with E-state index in [1.165, 1.54) is 0 Å². The fourth-order valence-electron chi connectivity index (χ4n) is 1.23. The molecule has 1 amide bonds. The van der Waals surface area contributed by atoms with Crippen molar-refractivity contribution in [3.05, 3.63) is 0 Å². The Balaban J connectivity index is 5.45. The molecule has 0 saturated carbocycles. The summed E-state index contributed by atoms with van der Waals surface area (Å²) in [4.78, 5) is 12.1. The lowest BCUT2D eigenvalue weighted by Gasteiger charge is -2.42. The first-order chi connectivity index (χ1) is 8.88. The lowest BCUT2D eigenvalue weighted by Crippen LogP contribution is -2.53. The van der Waals surface area contributed by atoms with Gasteiger partial charge in [0.1, 0.15) is 0 Å². The zero-order valence-electron chi connectivity index (χ0n) is 12.1. The van der Waals surface area contributed by atoms with Gasteiger partial charge < -0.3 is 9.05 Å². The molecule has 0 rings (SSSR count). The molecule has 0 aromatic rings. The van der Waals surface area contributed by atoms with Crippen LogP contribution in [0.1, 0.15) is 34.6 Å². The Hall–Kier alpha value is 1.44. The van der Waals surface area contributed by atoms with Gasteiger partial charge in [0, 0.05) is 5.54 Å². The van der Waals surface area contributed by atoms with Crippen molar-refractivity contribution in [3.8, 4) is 0 Å². The Kier molecular flexibility index (Phi) is 8.94. The molecule has 0 spiro atoms. The molecule has 5 nitrogen and oxygen atoms in total. The summed E-state index contributed by atoms with van der Waals surface area (Å²) in [6.07, 6.45) is 0. The zero-order valence-corrected chi connectivity index (χ0v) is 18.5. The number of hydrazine groups is 1. The van der Waals surface area contributed by atoms with E-state index in [1.54, 1.807) is 4.78 Å². The van der Waals surface area contributed by atoms with Crippen LogP contribution in [0.3, 0.4) is 0 Å². The maximum atomic E-state index is 12.1. The van der Waals surface area contributed by atoms with Gasteiger partial charge in [-0.05, 0) is 94.2 Å². The van der Waals surface area contributed by atoms with Crippen LogP contribution in [0.25, 0.3) is 0 Å². The number of hydrogen-bond acceptors (Lipinski definition) is 4. The molecular formula is C10H20Br3N2O3PS. The third kappa shape index (κ3) is 6.69. The molecule has 0 aromatic heterocycles. The standard InChI is InChI=1S/C10H20Br3N2O3PS/c1-6-17-19(20,18-7-2)15(9(3,4)5)14-8(16)10(11,12)13/h6-7H2,1-5H3,(H,14,16). The molecule has 1 N–H and O–H groups in total. The average Bonchev–Trinajstić information content (AvgIpc) is 2.22. The molecule has 0 atom stereocenters. The first-order valence-corrected chi connectivity index (χ1v) is 10.9. The molecule has 0 aliphatic rings. The molecule has 0 aromatic carbocycles. The van der Waals surface area contributed by atoms with Crippen LogP contribution in [0.15, 0.2) is 0 Å². The normalized spacial score (nSPS) is 13.7. The van der Waals surface area contributed by atoms with E-state index in [-0.39, 0.29) is 5.91 Å². The topological polar surface area (TPSA) is 50.8 Å². The molecule has 0 fully saturated rings. The second-order valence-electron chi connectivity index (χ2n) is 4.73. The van der Waals surface area contributed by atoms with Gasteiger partial charge in [0.15, 0.2) is 0 Å². The van der Waals surface area contributed by atoms with Crippen LogP contribution < -0.4 is 5.43 Å². The van der Waals surface area contributed by atoms with E-state index in [1.807, 2.05) is 34.6 Å². The summed E-state index contributed by atoms with van der Waals surface area (Å²) < 4.78 is 11.8. The van der Waals surface area contributed by atoms with Crippen molar-refractivity contribution >= 4 is 72.1 Å². The highest BCUT2D eigenvalue weighted by atomic mass is 80.0. The van der Waals surface area contributed by atoms with Gasteiger partial charge in [0.05, 0.1) is 13.2 Å². The lowest BCUT2D eigenvalue weighted by molar-refractivity contribution is -0.124. The van der Waals surface area contributed by atoms with Gasteiger partial charge in [-0.15, -0.1) is 4.78 Å². The highest BCUT2D eigenvalue weighted by Crippen LogP contribution is 2.54. The summed E-state index contributed by atoms with van der Waals surface area (Å²) in [5, 5.41) is 0. The van der Waals surface area contributed by atoms with Crippen molar-refractivity contribution in [1.29, 1.82) is 0 Å². The Bertz CT molecular complexity index is 375. The van der Waals surface area contributed by atoms with Crippen molar-refractivity contribution in [2.75, 3.05) is 13.2 Å². The summed E-state index contributed by atoms with van der Waals surface area (Å²) >= 11 is 15.1. The number of amides is 1. The van der Waals surface area contributed by atoms with Gasteiger partial charge in [-0.25, -0.2) is 0 Å². The summed E-state index contributed by atoms with van der Waals surface area (Å²) in [6.45, 7) is 7.45. The highest BCUT2D eigenvalue weighted by molar-refractivity contribution is 9.40. The summed E-state index contributed by atoms with van der Waals surface area (Å²) in [7, 11) is 0. The third-order valence-electron chi connectivity index (χ3n) is 1.93. The second-order valence-corrected chi connectivity index (χ2v) is 14.7. The van der Waals surface area contributed by atoms with E-state index in [9.17, 15) is 4.79 Å². The smallest absolute Gasteiger partial charge is 0.282 e. The van der Waals surface area contributed by atoms with E-state index in [0.29, 0.717) is 13.2 Å². The van der Waals surface area contributed by atoms with Crippen molar-refractivity contribution in [1.82, 2.24) is 10.2 Å². The molecule has 10 heteroatoms. The number of halogens is 3. The van der Waals surface area contributed by atoms with Crippen LogP contribution in [0, 0.1) is 0 Å². The number of carbonyl (C=O) groups is 1. The molecule has 120 valence electrons. The minimum Gasteiger partial charge on any atom is -0.317 e. The molecule has 0 aliphatic carbocycles. The number of carbonyl (C=O) groups excluding carboxylic acids is 1. The monoisotopic (exact) mass is 516 g/mol. The fourth-order valence-corrected chi connectivity index (χ4v) is 4.90. The van der Waals surface area contributed by atoms with Crippen LogP contribution in [0.4, 0.5) is 0 Å². The Morgan fingerprint density at radius 2 is 1.60 bits per heavy atom. The maximum absolute atomic E-state index is 12.1. The Morgan fingerprint density at radius 1 is 1.20 bits per heavy atom. The van der Waals surface area contributed by atoms with Crippen LogP contribution in [-0.2, 0) is 25.6 Å². The summed E-state index contributed by atoms with van der Waals surface area (Å²) in [5.74, 6) is -0.360. The van der Waals surface area contributed by atoms with Gasteiger partial charge in [-0.2, -0.15) is 0 Å². The molecule has 0 unspecified atom stereocenters. The fraction of sp³-hybridized carbons (Fsp3) is 0.900.